The van der Waals surface area contributed by atoms with Gasteiger partial charge in [0, 0.05) is 17.0 Å². The second-order valence-corrected chi connectivity index (χ2v) is 7.00. The molecule has 1 fully saturated rings. The quantitative estimate of drug-likeness (QED) is 0.426. The van der Waals surface area contributed by atoms with E-state index in [1.54, 1.807) is 12.1 Å². The molecule has 2 aromatic carbocycles. The highest BCUT2D eigenvalue weighted by Crippen LogP contribution is 2.35. The van der Waals surface area contributed by atoms with Gasteiger partial charge in [-0.15, -0.1) is 0 Å². The van der Waals surface area contributed by atoms with Crippen LogP contribution in [0, 0.1) is 5.92 Å². The van der Waals surface area contributed by atoms with Crippen molar-refractivity contribution < 1.29 is 24.0 Å². The van der Waals surface area contributed by atoms with E-state index >= 15 is 0 Å². The minimum atomic E-state index is -0.968. The normalized spacial score (nSPS) is 21.0. The summed E-state index contributed by atoms with van der Waals surface area (Å²) >= 11 is 3.36. The Morgan fingerprint density at radius 1 is 1.07 bits per heavy atom. The van der Waals surface area contributed by atoms with E-state index in [9.17, 15) is 14.4 Å². The molecule has 0 aromatic heterocycles. The number of carbonyl (C=O) groups excluding carboxylic acids is 3. The zero-order chi connectivity index (χ0) is 19.1. The van der Waals surface area contributed by atoms with Gasteiger partial charge in [-0.3, -0.25) is 14.4 Å². The molecule has 8 heteroatoms. The average Bonchev–Trinajstić information content (AvgIpc) is 3.17. The Morgan fingerprint density at radius 3 is 2.37 bits per heavy atom. The van der Waals surface area contributed by atoms with E-state index in [4.69, 9.17) is 9.57 Å². The molecule has 2 heterocycles. The number of rotatable bonds is 3. The van der Waals surface area contributed by atoms with Gasteiger partial charge in [0.1, 0.15) is 17.4 Å². The maximum absolute atomic E-state index is 13.0. The fourth-order valence-electron chi connectivity index (χ4n) is 3.12. The Kier molecular flexibility index (Phi) is 4.27. The largest absolute Gasteiger partial charge is 0.427 e. The number of benzene rings is 2. The molecule has 0 radical (unpaired) electrons. The first kappa shape index (κ1) is 17.4. The molecule has 2 aromatic rings. The fourth-order valence-corrected chi connectivity index (χ4v) is 3.38. The molecule has 4 rings (SSSR count). The molecular weight excluding hydrogens is 416 g/mol. The molecule has 0 spiro atoms. The highest BCUT2D eigenvalue weighted by Gasteiger charge is 2.56. The predicted molar refractivity (Wildman–Crippen MR) is 99.3 cm³/mol. The van der Waals surface area contributed by atoms with Crippen LogP contribution in [0.2, 0.25) is 0 Å². The van der Waals surface area contributed by atoms with Crippen LogP contribution in [0.3, 0.4) is 0 Å². The highest BCUT2D eigenvalue weighted by atomic mass is 79.9. The lowest BCUT2D eigenvalue weighted by molar-refractivity contribution is -0.132. The summed E-state index contributed by atoms with van der Waals surface area (Å²) in [6.07, 6.45) is -0.968. The van der Waals surface area contributed by atoms with Crippen LogP contribution in [0.5, 0.6) is 5.75 Å². The number of imide groups is 1. The van der Waals surface area contributed by atoms with Gasteiger partial charge < -0.3 is 9.57 Å². The molecular formula is C19H13BrN2O5. The van der Waals surface area contributed by atoms with E-state index < -0.39 is 29.8 Å². The molecule has 0 N–H and O–H groups in total. The number of fused-ring (bicyclic) bond motifs is 1. The van der Waals surface area contributed by atoms with Crippen molar-refractivity contribution in [3.63, 3.8) is 0 Å². The number of amides is 2. The molecule has 0 aliphatic carbocycles. The first-order valence-electron chi connectivity index (χ1n) is 8.11. The van der Waals surface area contributed by atoms with Crippen LogP contribution in [0.15, 0.2) is 58.2 Å². The summed E-state index contributed by atoms with van der Waals surface area (Å²) in [7, 11) is 0. The van der Waals surface area contributed by atoms with E-state index in [-0.39, 0.29) is 0 Å². The van der Waals surface area contributed by atoms with Crippen LogP contribution in [0.1, 0.15) is 12.5 Å². The number of hydrogen-bond donors (Lipinski definition) is 0. The second kappa shape index (κ2) is 6.62. The third-order valence-corrected chi connectivity index (χ3v) is 4.84. The van der Waals surface area contributed by atoms with Crippen molar-refractivity contribution in [2.24, 2.45) is 11.1 Å². The summed E-state index contributed by atoms with van der Waals surface area (Å²) < 4.78 is 5.86. The van der Waals surface area contributed by atoms with Gasteiger partial charge in [0.25, 0.3) is 5.91 Å². The molecule has 27 heavy (non-hydrogen) atoms. The van der Waals surface area contributed by atoms with Crippen molar-refractivity contribution in [1.82, 2.24) is 0 Å². The second-order valence-electron chi connectivity index (χ2n) is 6.09. The molecule has 2 unspecified atom stereocenters. The zero-order valence-electron chi connectivity index (χ0n) is 14.1. The van der Waals surface area contributed by atoms with Gasteiger partial charge in [-0.05, 0) is 36.4 Å². The van der Waals surface area contributed by atoms with E-state index in [2.05, 4.69) is 21.1 Å². The van der Waals surface area contributed by atoms with Gasteiger partial charge in [0.15, 0.2) is 0 Å². The highest BCUT2D eigenvalue weighted by molar-refractivity contribution is 9.10. The van der Waals surface area contributed by atoms with Crippen molar-refractivity contribution in [3.05, 3.63) is 58.6 Å². The number of ether oxygens (including phenoxy) is 1. The van der Waals surface area contributed by atoms with Gasteiger partial charge >= 0.3 is 5.97 Å². The van der Waals surface area contributed by atoms with Gasteiger partial charge in [0.2, 0.25) is 12.0 Å². The van der Waals surface area contributed by atoms with Crippen molar-refractivity contribution in [2.75, 3.05) is 4.90 Å². The molecule has 2 amide bonds. The van der Waals surface area contributed by atoms with Gasteiger partial charge in [-0.25, -0.2) is 4.90 Å². The molecule has 0 bridgehead atoms. The number of oxime groups is 1. The van der Waals surface area contributed by atoms with Crippen LogP contribution < -0.4 is 9.64 Å². The van der Waals surface area contributed by atoms with Crippen molar-refractivity contribution >= 4 is 45.1 Å². The lowest BCUT2D eigenvalue weighted by Crippen LogP contribution is -2.33. The number of halogens is 1. The maximum Gasteiger partial charge on any atom is 0.308 e. The monoisotopic (exact) mass is 428 g/mol. The van der Waals surface area contributed by atoms with Crippen molar-refractivity contribution in [3.8, 4) is 5.75 Å². The van der Waals surface area contributed by atoms with Crippen LogP contribution in [-0.4, -0.2) is 29.6 Å². The Labute approximate surface area is 162 Å². The first-order valence-corrected chi connectivity index (χ1v) is 8.91. The summed E-state index contributed by atoms with van der Waals surface area (Å²) in [6.45, 7) is 1.29. The molecule has 2 aliphatic heterocycles. The minimum Gasteiger partial charge on any atom is -0.427 e. The average molecular weight is 429 g/mol. The third-order valence-electron chi connectivity index (χ3n) is 4.31. The fraction of sp³-hybridized carbons (Fsp3) is 0.158. The van der Waals surface area contributed by atoms with Crippen molar-refractivity contribution in [2.45, 2.75) is 13.0 Å². The van der Waals surface area contributed by atoms with Crippen LogP contribution in [-0.2, 0) is 19.2 Å². The topological polar surface area (TPSA) is 85.3 Å². The van der Waals surface area contributed by atoms with Crippen LogP contribution in [0.25, 0.3) is 0 Å². The predicted octanol–water partition coefficient (Wildman–Crippen LogP) is 2.67. The SMILES string of the molecule is CC(=O)Oc1ccc(N2C(=O)C3ON=C(c4ccc(Br)cc4)C3C2=O)cc1. The van der Waals surface area contributed by atoms with Crippen LogP contribution in [0.4, 0.5) is 5.69 Å². The Morgan fingerprint density at radius 2 is 1.74 bits per heavy atom. The molecule has 2 atom stereocenters. The number of anilines is 1. The first-order chi connectivity index (χ1) is 13.0. The molecule has 2 aliphatic rings. The lowest BCUT2D eigenvalue weighted by Gasteiger charge is -2.15. The number of carbonyl (C=O) groups is 3. The molecule has 136 valence electrons. The zero-order valence-corrected chi connectivity index (χ0v) is 15.7. The summed E-state index contributed by atoms with van der Waals surface area (Å²) in [5.74, 6) is -1.77. The Balaban J connectivity index is 1.62. The van der Waals surface area contributed by atoms with Crippen LogP contribution >= 0.6 is 15.9 Å². The smallest absolute Gasteiger partial charge is 0.308 e. The molecule has 0 saturated carbocycles. The number of esters is 1. The van der Waals surface area contributed by atoms with Crippen molar-refractivity contribution in [1.29, 1.82) is 0 Å². The number of nitrogens with zero attached hydrogens (tertiary/aromatic N) is 2. The maximum atomic E-state index is 13.0. The van der Waals surface area contributed by atoms with Gasteiger partial charge in [-0.1, -0.05) is 33.2 Å². The summed E-state index contributed by atoms with van der Waals surface area (Å²) in [5, 5.41) is 3.97. The Bertz CT molecular complexity index is 969. The van der Waals surface area contributed by atoms with Gasteiger partial charge in [-0.2, -0.15) is 0 Å². The summed E-state index contributed by atoms with van der Waals surface area (Å²) in [4.78, 5) is 43.0. The summed E-state index contributed by atoms with van der Waals surface area (Å²) in [6, 6.07) is 13.4. The Hall–Kier alpha value is -3.00. The van der Waals surface area contributed by atoms with E-state index in [1.165, 1.54) is 19.1 Å². The lowest BCUT2D eigenvalue weighted by atomic mass is 9.94. The molecule has 1 saturated heterocycles. The van der Waals surface area contributed by atoms with E-state index in [0.29, 0.717) is 17.1 Å². The minimum absolute atomic E-state index is 0.332. The van der Waals surface area contributed by atoms with E-state index in [0.717, 1.165) is 14.9 Å². The summed E-state index contributed by atoms with van der Waals surface area (Å²) in [5.41, 5.74) is 1.54. The van der Waals surface area contributed by atoms with Gasteiger partial charge in [0.05, 0.1) is 5.69 Å². The van der Waals surface area contributed by atoms with E-state index in [1.807, 2.05) is 24.3 Å². The third kappa shape index (κ3) is 3.02. The number of hydrogen-bond acceptors (Lipinski definition) is 6. The molecule has 7 nitrogen and oxygen atoms in total. The standard InChI is InChI=1S/C19H13BrN2O5/c1-10(23)26-14-8-6-13(7-9-14)22-18(24)15-16(21-27-17(15)19(22)25)11-2-4-12(20)5-3-11/h2-9,15,17H,1H3.